The van der Waals surface area contributed by atoms with Crippen LogP contribution in [0.5, 0.6) is 5.75 Å². The fourth-order valence-electron chi connectivity index (χ4n) is 2.56. The number of nitrogens with two attached hydrogens (primary N) is 1. The van der Waals surface area contributed by atoms with Gasteiger partial charge in [-0.1, -0.05) is 29.3 Å². The van der Waals surface area contributed by atoms with E-state index in [0.29, 0.717) is 15.1 Å². The van der Waals surface area contributed by atoms with Crippen molar-refractivity contribution in [1.29, 1.82) is 0 Å². The minimum atomic E-state index is -0.102. The summed E-state index contributed by atoms with van der Waals surface area (Å²) in [4.78, 5) is 0. The number of hydrogen-bond donors (Lipinski definition) is 1. The number of thiophene rings is 1. The van der Waals surface area contributed by atoms with Crippen LogP contribution in [0.4, 0.5) is 0 Å². The first-order valence-corrected chi connectivity index (χ1v) is 9.63. The summed E-state index contributed by atoms with van der Waals surface area (Å²) >= 11 is 22.3. The second-order valence-electron chi connectivity index (χ2n) is 5.08. The molecule has 126 valence electrons. The van der Waals surface area contributed by atoms with Gasteiger partial charge in [0.15, 0.2) is 5.11 Å². The van der Waals surface area contributed by atoms with E-state index in [1.807, 2.05) is 24.3 Å². The molecule has 1 aromatic carbocycles. The fourth-order valence-corrected chi connectivity index (χ4v) is 4.80. The van der Waals surface area contributed by atoms with Crippen molar-refractivity contribution in [1.82, 2.24) is 5.01 Å². The van der Waals surface area contributed by atoms with Crippen molar-refractivity contribution >= 4 is 73.5 Å². The Hall–Kier alpha value is -0.860. The van der Waals surface area contributed by atoms with Crippen molar-refractivity contribution in [3.05, 3.63) is 48.5 Å². The van der Waals surface area contributed by atoms with E-state index in [-0.39, 0.29) is 11.2 Å². The van der Waals surface area contributed by atoms with Gasteiger partial charge < -0.3 is 10.5 Å². The number of halogens is 3. The molecule has 2 aromatic rings. The maximum absolute atomic E-state index is 6.26. The maximum atomic E-state index is 6.26. The van der Waals surface area contributed by atoms with Crippen LogP contribution in [0.3, 0.4) is 0 Å². The highest BCUT2D eigenvalue weighted by atomic mass is 79.9. The highest BCUT2D eigenvalue weighted by Gasteiger charge is 2.32. The lowest BCUT2D eigenvalue weighted by atomic mass is 10.00. The van der Waals surface area contributed by atoms with Crippen molar-refractivity contribution < 1.29 is 4.74 Å². The number of nitrogens with zero attached hydrogens (tertiary/aromatic N) is 2. The van der Waals surface area contributed by atoms with Crippen LogP contribution >= 0.6 is 62.7 Å². The number of ether oxygens (including phenoxy) is 1. The Morgan fingerprint density at radius 1 is 1.46 bits per heavy atom. The van der Waals surface area contributed by atoms with Crippen LogP contribution in [-0.2, 0) is 0 Å². The molecule has 1 atom stereocenters. The molecule has 2 heterocycles. The average Bonchev–Trinajstić information content (AvgIpc) is 3.10. The lowest BCUT2D eigenvalue weighted by molar-refractivity contribution is 0.371. The zero-order chi connectivity index (χ0) is 17.4. The Morgan fingerprint density at radius 2 is 2.21 bits per heavy atom. The highest BCUT2D eigenvalue weighted by molar-refractivity contribution is 9.10. The van der Waals surface area contributed by atoms with Crippen LogP contribution in [0.2, 0.25) is 8.67 Å². The largest absolute Gasteiger partial charge is 0.496 e. The van der Waals surface area contributed by atoms with Gasteiger partial charge in [-0.15, -0.1) is 11.3 Å². The Kier molecular flexibility index (Phi) is 5.36. The van der Waals surface area contributed by atoms with E-state index in [9.17, 15) is 0 Å². The van der Waals surface area contributed by atoms with Crippen LogP contribution in [0.25, 0.3) is 0 Å². The number of rotatable bonds is 3. The van der Waals surface area contributed by atoms with Crippen LogP contribution in [0.1, 0.15) is 23.6 Å². The van der Waals surface area contributed by atoms with Gasteiger partial charge in [-0.25, -0.2) is 5.01 Å². The molecule has 3 rings (SSSR count). The molecule has 1 aliphatic rings. The molecular formula is C15H12BrCl2N3OS2. The minimum absolute atomic E-state index is 0.102. The molecule has 0 bridgehead atoms. The third-order valence-corrected chi connectivity index (χ3v) is 5.96. The molecule has 1 aliphatic heterocycles. The minimum Gasteiger partial charge on any atom is -0.496 e. The molecule has 1 aromatic heterocycles. The summed E-state index contributed by atoms with van der Waals surface area (Å²) in [6.45, 7) is 0. The van der Waals surface area contributed by atoms with Crippen molar-refractivity contribution in [3.63, 3.8) is 0 Å². The van der Waals surface area contributed by atoms with Gasteiger partial charge in [0.1, 0.15) is 10.1 Å². The third kappa shape index (κ3) is 3.41. The van der Waals surface area contributed by atoms with E-state index in [0.717, 1.165) is 27.1 Å². The van der Waals surface area contributed by atoms with Gasteiger partial charge in [0.05, 0.1) is 27.7 Å². The quantitative estimate of drug-likeness (QED) is 0.632. The predicted molar refractivity (Wildman–Crippen MR) is 108 cm³/mol. The van der Waals surface area contributed by atoms with E-state index in [1.54, 1.807) is 12.1 Å². The molecule has 9 heteroatoms. The summed E-state index contributed by atoms with van der Waals surface area (Å²) in [5.74, 6) is 0.757. The van der Waals surface area contributed by atoms with E-state index in [4.69, 9.17) is 45.9 Å². The second-order valence-corrected chi connectivity index (χ2v) is 8.64. The average molecular weight is 465 g/mol. The molecule has 2 N–H and O–H groups in total. The van der Waals surface area contributed by atoms with Crippen molar-refractivity contribution in [2.45, 2.75) is 12.5 Å². The zero-order valence-electron chi connectivity index (χ0n) is 12.4. The standard InChI is InChI=1S/C15H12BrCl2N3OS2/c1-22-12-3-2-7(4-9(12)16)11-6-10(20-21(11)15(19)23)8-5-13(17)24-14(8)18/h2-5,11H,6H2,1H3,(H2,19,23). The third-order valence-electron chi connectivity index (χ3n) is 3.66. The summed E-state index contributed by atoms with van der Waals surface area (Å²) < 4.78 is 7.36. The Morgan fingerprint density at radius 3 is 2.75 bits per heavy atom. The smallest absolute Gasteiger partial charge is 0.187 e. The summed E-state index contributed by atoms with van der Waals surface area (Å²) in [6, 6.07) is 7.56. The lowest BCUT2D eigenvalue weighted by Gasteiger charge is -2.22. The maximum Gasteiger partial charge on any atom is 0.187 e. The summed E-state index contributed by atoms with van der Waals surface area (Å²) in [7, 11) is 1.63. The number of methoxy groups -OCH3 is 1. The number of hydrogen-bond acceptors (Lipinski definition) is 4. The van der Waals surface area contributed by atoms with Crippen LogP contribution in [0, 0.1) is 0 Å². The molecule has 0 saturated heterocycles. The van der Waals surface area contributed by atoms with Crippen LogP contribution in [0.15, 0.2) is 33.8 Å². The molecule has 0 amide bonds. The van der Waals surface area contributed by atoms with Crippen molar-refractivity contribution in [3.8, 4) is 5.75 Å². The van der Waals surface area contributed by atoms with E-state index < -0.39 is 0 Å². The summed E-state index contributed by atoms with van der Waals surface area (Å²) in [5.41, 5.74) is 8.52. The molecular weight excluding hydrogens is 453 g/mol. The van der Waals surface area contributed by atoms with Crippen molar-refractivity contribution in [2.24, 2.45) is 10.8 Å². The topological polar surface area (TPSA) is 50.8 Å². The molecule has 0 aliphatic carbocycles. The number of benzene rings is 1. The number of hydrazone groups is 1. The Balaban J connectivity index is 1.97. The molecule has 0 radical (unpaired) electrons. The predicted octanol–water partition coefficient (Wildman–Crippen LogP) is 5.22. The first kappa shape index (κ1) is 17.9. The Bertz CT molecular complexity index is 840. The first-order valence-electron chi connectivity index (χ1n) is 6.85. The van der Waals surface area contributed by atoms with E-state index >= 15 is 0 Å². The Labute approximate surface area is 167 Å². The summed E-state index contributed by atoms with van der Waals surface area (Å²) in [6.07, 6.45) is 0.628. The van der Waals surface area contributed by atoms with Gasteiger partial charge in [-0.2, -0.15) is 5.10 Å². The highest BCUT2D eigenvalue weighted by Crippen LogP contribution is 2.39. The van der Waals surface area contributed by atoms with E-state index in [1.165, 1.54) is 11.3 Å². The van der Waals surface area contributed by atoms with Crippen LogP contribution in [-0.4, -0.2) is 22.9 Å². The number of thiocarbonyl (C=S) groups is 1. The fraction of sp³-hybridized carbons (Fsp3) is 0.200. The van der Waals surface area contributed by atoms with Gasteiger partial charge in [0.2, 0.25) is 0 Å². The summed E-state index contributed by atoms with van der Waals surface area (Å²) in [5, 5.41) is 6.41. The van der Waals surface area contributed by atoms with E-state index in [2.05, 4.69) is 21.0 Å². The van der Waals surface area contributed by atoms with Gasteiger partial charge >= 0.3 is 0 Å². The molecule has 0 fully saturated rings. The van der Waals surface area contributed by atoms with Crippen molar-refractivity contribution in [2.75, 3.05) is 7.11 Å². The molecule has 4 nitrogen and oxygen atoms in total. The normalized spacial score (nSPS) is 17.1. The van der Waals surface area contributed by atoms with Gasteiger partial charge in [0, 0.05) is 12.0 Å². The first-order chi connectivity index (χ1) is 11.4. The van der Waals surface area contributed by atoms with Crippen LogP contribution < -0.4 is 10.5 Å². The molecule has 0 saturated carbocycles. The van der Waals surface area contributed by atoms with Gasteiger partial charge in [-0.05, 0) is 51.9 Å². The molecule has 1 unspecified atom stereocenters. The molecule has 0 spiro atoms. The van der Waals surface area contributed by atoms with Gasteiger partial charge in [-0.3, -0.25) is 0 Å². The SMILES string of the molecule is COc1ccc(C2CC(c3cc(Cl)sc3Cl)=NN2C(N)=S)cc1Br. The monoisotopic (exact) mass is 463 g/mol. The molecule has 24 heavy (non-hydrogen) atoms. The zero-order valence-corrected chi connectivity index (χ0v) is 17.2. The van der Waals surface area contributed by atoms with Gasteiger partial charge in [0.25, 0.3) is 0 Å². The lowest BCUT2D eigenvalue weighted by Crippen LogP contribution is -2.31. The second kappa shape index (κ2) is 7.17.